The van der Waals surface area contributed by atoms with Crippen LogP contribution in [0.5, 0.6) is 0 Å². The molecule has 1 saturated heterocycles. The number of carboxylic acids is 1. The molecule has 146 valence electrons. The molecule has 6 N–H and O–H groups in total. The number of carbonyl (C=O) groups is 1. The Balaban J connectivity index is 2.23. The maximum absolute atomic E-state index is 10.8. The second-order valence-corrected chi connectivity index (χ2v) is 8.14. The van der Waals surface area contributed by atoms with Gasteiger partial charge in [0.15, 0.2) is 0 Å². The summed E-state index contributed by atoms with van der Waals surface area (Å²) in [7, 11) is 0. The summed E-state index contributed by atoms with van der Waals surface area (Å²) in [5.41, 5.74) is 0.952. The molecule has 1 aliphatic heterocycles. The normalized spacial score (nSPS) is 31.3. The molecule has 2 unspecified atom stereocenters. The van der Waals surface area contributed by atoms with E-state index in [0.717, 1.165) is 5.56 Å². The Morgan fingerprint density at radius 1 is 1.15 bits per heavy atom. The molecular weight excluding hydrogens is 358 g/mol. The van der Waals surface area contributed by atoms with E-state index in [1.165, 1.54) is 11.8 Å². The van der Waals surface area contributed by atoms with Crippen molar-refractivity contribution in [2.75, 3.05) is 13.2 Å². The van der Waals surface area contributed by atoms with Crippen LogP contribution in [0.3, 0.4) is 0 Å². The standard InChI is InChI=1S/C18H27NO6S/c1-10(19-8-14(21)22)7-12(11-5-3-2-4-6-11)18-17(25)16(24)15(23)13(9-20)26-18/h2-6,10,12-13,15-20,23-25H,7-9H2,1H3,(H,21,22)/t10?,12?,13-,15+,16+,17-,18+/m1/s1. The van der Waals surface area contributed by atoms with Crippen molar-refractivity contribution >= 4 is 17.7 Å². The third kappa shape index (κ3) is 5.18. The summed E-state index contributed by atoms with van der Waals surface area (Å²) in [5, 5.41) is 51.0. The van der Waals surface area contributed by atoms with Crippen LogP contribution in [0.15, 0.2) is 30.3 Å². The maximum Gasteiger partial charge on any atom is 0.317 e. The van der Waals surface area contributed by atoms with E-state index in [-0.39, 0.29) is 25.1 Å². The number of aliphatic hydroxyl groups excluding tert-OH is 4. The summed E-state index contributed by atoms with van der Waals surface area (Å²) in [4.78, 5) is 10.8. The lowest BCUT2D eigenvalue weighted by Gasteiger charge is -2.43. The minimum Gasteiger partial charge on any atom is -0.480 e. The Morgan fingerprint density at radius 2 is 1.81 bits per heavy atom. The van der Waals surface area contributed by atoms with Gasteiger partial charge < -0.3 is 30.8 Å². The number of rotatable bonds is 8. The molecule has 2 rings (SSSR count). The van der Waals surface area contributed by atoms with Crippen LogP contribution in [-0.2, 0) is 4.79 Å². The van der Waals surface area contributed by atoms with Gasteiger partial charge in [-0.2, -0.15) is 0 Å². The fourth-order valence-corrected chi connectivity index (χ4v) is 4.94. The lowest BCUT2D eigenvalue weighted by atomic mass is 9.84. The van der Waals surface area contributed by atoms with Crippen LogP contribution in [0.25, 0.3) is 0 Å². The van der Waals surface area contributed by atoms with E-state index in [9.17, 15) is 25.2 Å². The Labute approximate surface area is 157 Å². The van der Waals surface area contributed by atoms with E-state index in [1.54, 1.807) is 0 Å². The van der Waals surface area contributed by atoms with Crippen LogP contribution in [0.1, 0.15) is 24.8 Å². The lowest BCUT2D eigenvalue weighted by molar-refractivity contribution is -0.136. The van der Waals surface area contributed by atoms with Crippen LogP contribution in [-0.4, -0.2) is 79.5 Å². The Hall–Kier alpha value is -1.16. The highest BCUT2D eigenvalue weighted by Crippen LogP contribution is 2.42. The molecule has 0 aromatic heterocycles. The van der Waals surface area contributed by atoms with Crippen LogP contribution in [0.4, 0.5) is 0 Å². The van der Waals surface area contributed by atoms with Crippen molar-refractivity contribution in [1.29, 1.82) is 0 Å². The Bertz CT molecular complexity index is 572. The van der Waals surface area contributed by atoms with Crippen LogP contribution < -0.4 is 5.32 Å². The summed E-state index contributed by atoms with van der Waals surface area (Å²) in [5.74, 6) is -1.14. The van der Waals surface area contributed by atoms with Crippen molar-refractivity contribution in [3.8, 4) is 0 Å². The molecule has 7 nitrogen and oxygen atoms in total. The summed E-state index contributed by atoms with van der Waals surface area (Å²) < 4.78 is 0. The largest absolute Gasteiger partial charge is 0.480 e. The van der Waals surface area contributed by atoms with E-state index in [1.807, 2.05) is 37.3 Å². The number of aliphatic carboxylic acids is 1. The number of aliphatic hydroxyl groups is 4. The van der Waals surface area contributed by atoms with Crippen molar-refractivity contribution in [3.05, 3.63) is 35.9 Å². The van der Waals surface area contributed by atoms with Crippen LogP contribution in [0.2, 0.25) is 0 Å². The molecule has 0 radical (unpaired) electrons. The van der Waals surface area contributed by atoms with Crippen molar-refractivity contribution < 1.29 is 30.3 Å². The van der Waals surface area contributed by atoms with Gasteiger partial charge in [0.25, 0.3) is 0 Å². The molecule has 1 aromatic rings. The monoisotopic (exact) mass is 385 g/mol. The van der Waals surface area contributed by atoms with Gasteiger partial charge in [0, 0.05) is 11.3 Å². The predicted molar refractivity (Wildman–Crippen MR) is 99.2 cm³/mol. The fourth-order valence-electron chi connectivity index (χ4n) is 3.35. The molecule has 1 aliphatic rings. The highest BCUT2D eigenvalue weighted by atomic mass is 32.2. The molecular formula is C18H27NO6S. The lowest BCUT2D eigenvalue weighted by Crippen LogP contribution is -2.55. The van der Waals surface area contributed by atoms with E-state index >= 15 is 0 Å². The zero-order valence-electron chi connectivity index (χ0n) is 14.6. The smallest absolute Gasteiger partial charge is 0.317 e. The van der Waals surface area contributed by atoms with Crippen molar-refractivity contribution in [1.82, 2.24) is 5.32 Å². The van der Waals surface area contributed by atoms with Gasteiger partial charge in [-0.05, 0) is 24.8 Å². The predicted octanol–water partition coefficient (Wildman–Crippen LogP) is -0.218. The Morgan fingerprint density at radius 3 is 2.38 bits per heavy atom. The van der Waals surface area contributed by atoms with Gasteiger partial charge >= 0.3 is 5.97 Å². The zero-order chi connectivity index (χ0) is 19.3. The second-order valence-electron chi connectivity index (χ2n) is 6.72. The van der Waals surface area contributed by atoms with E-state index < -0.39 is 34.8 Å². The van der Waals surface area contributed by atoms with E-state index in [0.29, 0.717) is 6.42 Å². The zero-order valence-corrected chi connectivity index (χ0v) is 15.4. The van der Waals surface area contributed by atoms with Gasteiger partial charge in [-0.3, -0.25) is 4.79 Å². The van der Waals surface area contributed by atoms with Crippen molar-refractivity contribution in [2.45, 2.75) is 54.1 Å². The summed E-state index contributed by atoms with van der Waals surface area (Å²) >= 11 is 1.27. The van der Waals surface area contributed by atoms with Gasteiger partial charge in [0.1, 0.15) is 6.10 Å². The number of nitrogens with one attached hydrogen (secondary N) is 1. The first kappa shape index (κ1) is 21.1. The number of hydrogen-bond acceptors (Lipinski definition) is 7. The molecule has 26 heavy (non-hydrogen) atoms. The topological polar surface area (TPSA) is 130 Å². The summed E-state index contributed by atoms with van der Waals surface area (Å²) in [6.07, 6.45) is -3.16. The summed E-state index contributed by atoms with van der Waals surface area (Å²) in [6, 6.07) is 9.35. The molecule has 1 aromatic carbocycles. The number of benzene rings is 1. The fraction of sp³-hybridized carbons (Fsp3) is 0.611. The molecule has 0 spiro atoms. The molecule has 0 aliphatic carbocycles. The highest BCUT2D eigenvalue weighted by molar-refractivity contribution is 8.00. The molecule has 0 amide bonds. The second kappa shape index (κ2) is 9.68. The van der Waals surface area contributed by atoms with Crippen molar-refractivity contribution in [2.24, 2.45) is 0 Å². The molecule has 0 bridgehead atoms. The average Bonchev–Trinajstić information content (AvgIpc) is 2.64. The SMILES string of the molecule is CC(CC(c1ccccc1)[C@@H]1S[C@H](CO)[C@H](O)[C@H](O)[C@H]1O)NCC(=O)O. The first-order chi connectivity index (χ1) is 12.3. The van der Waals surface area contributed by atoms with Gasteiger partial charge in [-0.15, -0.1) is 11.8 Å². The van der Waals surface area contributed by atoms with Crippen LogP contribution in [0, 0.1) is 0 Å². The molecule has 1 heterocycles. The van der Waals surface area contributed by atoms with Gasteiger partial charge in [0.05, 0.1) is 30.6 Å². The third-order valence-electron chi connectivity index (χ3n) is 4.76. The van der Waals surface area contributed by atoms with Crippen LogP contribution >= 0.6 is 11.8 Å². The van der Waals surface area contributed by atoms with Gasteiger partial charge in [0.2, 0.25) is 0 Å². The van der Waals surface area contributed by atoms with Crippen molar-refractivity contribution in [3.63, 3.8) is 0 Å². The molecule has 0 saturated carbocycles. The van der Waals surface area contributed by atoms with Gasteiger partial charge in [-0.1, -0.05) is 30.3 Å². The minimum absolute atomic E-state index is 0.138. The van der Waals surface area contributed by atoms with Gasteiger partial charge in [-0.25, -0.2) is 0 Å². The molecule has 8 heteroatoms. The van der Waals surface area contributed by atoms with E-state index in [4.69, 9.17) is 5.11 Å². The number of hydrogen-bond donors (Lipinski definition) is 6. The third-order valence-corrected chi connectivity index (χ3v) is 6.46. The Kier molecular flexibility index (Phi) is 7.87. The number of thioether (sulfide) groups is 1. The average molecular weight is 385 g/mol. The highest BCUT2D eigenvalue weighted by Gasteiger charge is 2.46. The summed E-state index contributed by atoms with van der Waals surface area (Å²) in [6.45, 7) is 1.40. The number of carboxylic acid groups (broad SMARTS) is 1. The maximum atomic E-state index is 10.8. The minimum atomic E-state index is -1.34. The first-order valence-electron chi connectivity index (χ1n) is 8.65. The quantitative estimate of drug-likeness (QED) is 0.362. The first-order valence-corrected chi connectivity index (χ1v) is 9.60. The van der Waals surface area contributed by atoms with E-state index in [2.05, 4.69) is 5.32 Å². The molecule has 7 atom stereocenters. The molecule has 1 fully saturated rings.